The fourth-order valence-corrected chi connectivity index (χ4v) is 5.47. The van der Waals surface area contributed by atoms with Crippen LogP contribution < -0.4 is 25.4 Å². The summed E-state index contributed by atoms with van der Waals surface area (Å²) in [4.78, 5) is 0. The van der Waals surface area contributed by atoms with Gasteiger partial charge in [-0.15, -0.1) is 0 Å². The molecule has 1 heterocycles. The minimum absolute atomic E-state index is 0.0318. The van der Waals surface area contributed by atoms with E-state index in [9.17, 15) is 0 Å². The SMILES string of the molecule is Cn1nnc2c1CCC1C(CC2)C1[I-]N. The first-order valence-electron chi connectivity index (χ1n) is 5.50. The summed E-state index contributed by atoms with van der Waals surface area (Å²) in [6.07, 6.45) is 4.86. The first kappa shape index (κ1) is 10.0. The molecular weight excluding hydrogens is 303 g/mol. The second-order valence-electron chi connectivity index (χ2n) is 4.58. The van der Waals surface area contributed by atoms with Crippen molar-refractivity contribution in [3.05, 3.63) is 11.4 Å². The predicted octanol–water partition coefficient (Wildman–Crippen LogP) is -2.73. The molecule has 0 amide bonds. The number of nitrogens with two attached hydrogens (primary N) is 1. The summed E-state index contributed by atoms with van der Waals surface area (Å²) in [6.45, 7) is 0. The topological polar surface area (TPSA) is 56.7 Å². The average molecular weight is 319 g/mol. The van der Waals surface area contributed by atoms with E-state index < -0.39 is 0 Å². The first-order valence-corrected chi connectivity index (χ1v) is 8.00. The molecule has 2 aliphatic carbocycles. The van der Waals surface area contributed by atoms with E-state index in [0.29, 0.717) is 0 Å². The molecule has 3 unspecified atom stereocenters. The van der Waals surface area contributed by atoms with E-state index in [-0.39, 0.29) is 21.5 Å². The molecule has 1 saturated carbocycles. The van der Waals surface area contributed by atoms with E-state index in [2.05, 4.69) is 10.3 Å². The summed E-state index contributed by atoms with van der Waals surface area (Å²) in [7, 11) is 2.01. The van der Waals surface area contributed by atoms with Crippen molar-refractivity contribution in [2.75, 3.05) is 0 Å². The van der Waals surface area contributed by atoms with Crippen molar-refractivity contribution < 1.29 is 21.5 Å². The van der Waals surface area contributed by atoms with Crippen LogP contribution in [0.1, 0.15) is 24.2 Å². The summed E-state index contributed by atoms with van der Waals surface area (Å²) < 4.78 is 8.74. The van der Waals surface area contributed by atoms with Crippen LogP contribution in [0.25, 0.3) is 0 Å². The zero-order valence-electron chi connectivity index (χ0n) is 8.86. The van der Waals surface area contributed by atoms with E-state index in [4.69, 9.17) is 3.95 Å². The van der Waals surface area contributed by atoms with Gasteiger partial charge in [0, 0.05) is 0 Å². The molecule has 84 valence electrons. The maximum atomic E-state index is 5.88. The Balaban J connectivity index is 1.80. The van der Waals surface area contributed by atoms with E-state index in [1.54, 1.807) is 0 Å². The van der Waals surface area contributed by atoms with Gasteiger partial charge in [-0.3, -0.25) is 0 Å². The van der Waals surface area contributed by atoms with Crippen molar-refractivity contribution in [2.45, 2.75) is 29.6 Å². The Bertz CT molecular complexity index is 375. The van der Waals surface area contributed by atoms with Crippen molar-refractivity contribution in [3.8, 4) is 0 Å². The number of hydrogen-bond acceptors (Lipinski definition) is 3. The van der Waals surface area contributed by atoms with Crippen LogP contribution in [-0.4, -0.2) is 18.9 Å². The molecule has 3 rings (SSSR count). The fourth-order valence-electron chi connectivity index (χ4n) is 2.86. The number of fused-ring (bicyclic) bond motifs is 2. The Morgan fingerprint density at radius 2 is 2.07 bits per heavy atom. The number of hydrogen-bond donors (Lipinski definition) is 1. The van der Waals surface area contributed by atoms with Gasteiger partial charge in [-0.1, -0.05) is 0 Å². The molecule has 15 heavy (non-hydrogen) atoms. The van der Waals surface area contributed by atoms with Gasteiger partial charge in [-0.05, 0) is 0 Å². The van der Waals surface area contributed by atoms with Crippen LogP contribution in [-0.2, 0) is 19.9 Å². The van der Waals surface area contributed by atoms with Crippen molar-refractivity contribution >= 4 is 0 Å². The summed E-state index contributed by atoms with van der Waals surface area (Å²) in [6, 6.07) is 0. The summed E-state index contributed by atoms with van der Waals surface area (Å²) >= 11 is -0.0318. The second kappa shape index (κ2) is 3.69. The zero-order chi connectivity index (χ0) is 10.4. The fraction of sp³-hybridized carbons (Fsp3) is 0.800. The monoisotopic (exact) mass is 319 g/mol. The van der Waals surface area contributed by atoms with Gasteiger partial charge in [0.1, 0.15) is 0 Å². The normalized spacial score (nSPS) is 34.1. The van der Waals surface area contributed by atoms with Crippen LogP contribution in [0.3, 0.4) is 0 Å². The maximum absolute atomic E-state index is 5.88. The third-order valence-electron chi connectivity index (χ3n) is 3.82. The van der Waals surface area contributed by atoms with Gasteiger partial charge in [-0.25, -0.2) is 0 Å². The van der Waals surface area contributed by atoms with Gasteiger partial charge in [0.15, 0.2) is 0 Å². The summed E-state index contributed by atoms with van der Waals surface area (Å²) in [5, 5.41) is 8.36. The van der Waals surface area contributed by atoms with Crippen LogP contribution in [0.4, 0.5) is 0 Å². The number of halogens is 1. The van der Waals surface area contributed by atoms with Gasteiger partial charge in [-0.2, -0.15) is 0 Å². The molecule has 1 aromatic rings. The number of aromatic nitrogens is 3. The van der Waals surface area contributed by atoms with Crippen molar-refractivity contribution in [2.24, 2.45) is 22.8 Å². The van der Waals surface area contributed by atoms with Gasteiger partial charge < -0.3 is 0 Å². The Morgan fingerprint density at radius 1 is 1.33 bits per heavy atom. The number of aryl methyl sites for hydroxylation is 2. The summed E-state index contributed by atoms with van der Waals surface area (Å²) in [5.74, 6) is 1.86. The predicted molar refractivity (Wildman–Crippen MR) is 52.6 cm³/mol. The molecule has 0 saturated heterocycles. The quantitative estimate of drug-likeness (QED) is 0.347. The second-order valence-corrected chi connectivity index (χ2v) is 6.74. The summed E-state index contributed by atoms with van der Waals surface area (Å²) in [5.41, 5.74) is 2.59. The van der Waals surface area contributed by atoms with E-state index >= 15 is 0 Å². The molecule has 0 radical (unpaired) electrons. The van der Waals surface area contributed by atoms with Crippen molar-refractivity contribution in [1.29, 1.82) is 0 Å². The number of rotatable bonds is 1. The van der Waals surface area contributed by atoms with Crippen LogP contribution in [0.2, 0.25) is 0 Å². The van der Waals surface area contributed by atoms with E-state index in [1.807, 2.05) is 11.7 Å². The molecule has 2 aliphatic rings. The van der Waals surface area contributed by atoms with Gasteiger partial charge in [0.05, 0.1) is 0 Å². The molecule has 0 aliphatic heterocycles. The zero-order valence-corrected chi connectivity index (χ0v) is 11.0. The molecule has 1 aromatic heterocycles. The standard InChI is InChI=1S/C10H16IN4/c1-15-9-5-3-7-6(10(7)11-12)2-4-8(9)13-14-15/h6-7,10H,2-5,12H2,1H3/q-1. The van der Waals surface area contributed by atoms with Gasteiger partial charge in [0.25, 0.3) is 0 Å². The Hall–Kier alpha value is -0.170. The third kappa shape index (κ3) is 1.60. The van der Waals surface area contributed by atoms with E-state index in [1.165, 1.54) is 24.2 Å². The van der Waals surface area contributed by atoms with Crippen molar-refractivity contribution in [1.82, 2.24) is 15.0 Å². The molecule has 4 nitrogen and oxygen atoms in total. The van der Waals surface area contributed by atoms with Crippen molar-refractivity contribution in [3.63, 3.8) is 0 Å². The average Bonchev–Trinajstić information content (AvgIpc) is 2.76. The van der Waals surface area contributed by atoms with Crippen LogP contribution in [0.15, 0.2) is 0 Å². The Kier molecular flexibility index (Phi) is 2.47. The first-order chi connectivity index (χ1) is 7.31. The van der Waals surface area contributed by atoms with Crippen LogP contribution in [0, 0.1) is 11.8 Å². The number of alkyl halides is 1. The van der Waals surface area contributed by atoms with Crippen LogP contribution in [0.5, 0.6) is 0 Å². The van der Waals surface area contributed by atoms with Gasteiger partial charge in [0.2, 0.25) is 0 Å². The molecule has 2 N–H and O–H groups in total. The van der Waals surface area contributed by atoms with Gasteiger partial charge >= 0.3 is 100 Å². The third-order valence-corrected chi connectivity index (χ3v) is 6.50. The Labute approximate surface area is 100 Å². The van der Waals surface area contributed by atoms with E-state index in [0.717, 1.165) is 28.6 Å². The number of nitrogens with zero attached hydrogens (tertiary/aromatic N) is 3. The Morgan fingerprint density at radius 3 is 2.80 bits per heavy atom. The molecule has 3 atom stereocenters. The molecule has 0 spiro atoms. The minimum atomic E-state index is -0.0318. The molecule has 5 heteroatoms. The van der Waals surface area contributed by atoms with Crippen LogP contribution >= 0.6 is 0 Å². The molecule has 0 aromatic carbocycles. The molecular formula is C10H16IN4-. The molecule has 0 bridgehead atoms. The molecule has 1 fully saturated rings.